The Labute approximate surface area is 80.8 Å². The highest BCUT2D eigenvalue weighted by Crippen LogP contribution is 2.27. The van der Waals surface area contributed by atoms with Crippen LogP contribution in [0.4, 0.5) is 4.39 Å². The van der Waals surface area contributed by atoms with Gasteiger partial charge in [-0.25, -0.2) is 4.39 Å². The molecule has 1 heterocycles. The molecule has 14 heavy (non-hydrogen) atoms. The number of aryl methyl sites for hydroxylation is 1. The molecule has 0 fully saturated rings. The number of halogens is 1. The number of hydrogen-bond acceptors (Lipinski definition) is 2. The molecule has 2 rings (SSSR count). The highest BCUT2D eigenvalue weighted by atomic mass is 19.1. The van der Waals surface area contributed by atoms with Crippen LogP contribution < -0.4 is 0 Å². The highest BCUT2D eigenvalue weighted by Gasteiger charge is 2.14. The number of phenols is 1. The molecule has 1 N–H and O–H groups in total. The zero-order valence-corrected chi connectivity index (χ0v) is 8.03. The van der Waals surface area contributed by atoms with E-state index in [1.54, 1.807) is 23.9 Å². The molecule has 74 valence electrons. The van der Waals surface area contributed by atoms with Crippen molar-refractivity contribution in [2.45, 2.75) is 13.1 Å². The van der Waals surface area contributed by atoms with E-state index in [0.29, 0.717) is 11.1 Å². The molecule has 0 saturated carbocycles. The number of nitrogens with zero attached hydrogens (tertiary/aromatic N) is 2. The minimum absolute atomic E-state index is 0.132. The van der Waals surface area contributed by atoms with Crippen molar-refractivity contribution >= 4 is 10.9 Å². The van der Waals surface area contributed by atoms with Gasteiger partial charge in [0.2, 0.25) is 0 Å². The third kappa shape index (κ3) is 1.23. The second-order valence-corrected chi connectivity index (χ2v) is 3.33. The maximum Gasteiger partial charge on any atom is 0.142 e. The summed E-state index contributed by atoms with van der Waals surface area (Å²) < 4.78 is 14.8. The molecule has 1 atom stereocenters. The Morgan fingerprint density at radius 2 is 2.21 bits per heavy atom. The van der Waals surface area contributed by atoms with Gasteiger partial charge in [0.25, 0.3) is 0 Å². The van der Waals surface area contributed by atoms with Gasteiger partial charge in [0.1, 0.15) is 17.6 Å². The molecule has 1 aromatic heterocycles. The molecule has 0 amide bonds. The van der Waals surface area contributed by atoms with Gasteiger partial charge in [0, 0.05) is 12.4 Å². The van der Waals surface area contributed by atoms with Crippen LogP contribution in [0.3, 0.4) is 0 Å². The maximum atomic E-state index is 13.2. The number of phenolic OH excluding ortho intramolecular Hbond substituents is 1. The predicted molar refractivity (Wildman–Crippen MR) is 51.9 cm³/mol. The summed E-state index contributed by atoms with van der Waals surface area (Å²) in [5, 5.41) is 14.0. The standard InChI is InChI=1S/C10H11FN2O/c1-6(11)10-8-5-7(14)3-4-9(8)13(2)12-10/h3-6,14H,1-2H3. The molecule has 0 spiro atoms. The van der Waals surface area contributed by atoms with Gasteiger partial charge in [-0.1, -0.05) is 0 Å². The lowest BCUT2D eigenvalue weighted by molar-refractivity contribution is 0.365. The monoisotopic (exact) mass is 194 g/mol. The van der Waals surface area contributed by atoms with E-state index < -0.39 is 6.17 Å². The molecule has 0 aliphatic heterocycles. The molecule has 0 saturated heterocycles. The third-order valence-corrected chi connectivity index (χ3v) is 2.24. The van der Waals surface area contributed by atoms with Gasteiger partial charge in [-0.15, -0.1) is 0 Å². The Hall–Kier alpha value is -1.58. The summed E-state index contributed by atoms with van der Waals surface area (Å²) in [6, 6.07) is 4.83. The van der Waals surface area contributed by atoms with Crippen LogP contribution >= 0.6 is 0 Å². The van der Waals surface area contributed by atoms with Crippen molar-refractivity contribution in [3.05, 3.63) is 23.9 Å². The zero-order valence-electron chi connectivity index (χ0n) is 8.03. The number of alkyl halides is 1. The van der Waals surface area contributed by atoms with E-state index in [0.717, 1.165) is 5.52 Å². The Morgan fingerprint density at radius 3 is 2.86 bits per heavy atom. The van der Waals surface area contributed by atoms with Gasteiger partial charge in [-0.05, 0) is 25.1 Å². The number of benzene rings is 1. The number of hydrogen-bond donors (Lipinski definition) is 1. The molecule has 0 radical (unpaired) electrons. The van der Waals surface area contributed by atoms with Gasteiger partial charge in [-0.3, -0.25) is 4.68 Å². The van der Waals surface area contributed by atoms with Gasteiger partial charge in [-0.2, -0.15) is 5.10 Å². The summed E-state index contributed by atoms with van der Waals surface area (Å²) in [4.78, 5) is 0. The van der Waals surface area contributed by atoms with Crippen molar-refractivity contribution in [1.82, 2.24) is 9.78 Å². The Bertz CT molecular complexity index is 476. The molecule has 1 aromatic carbocycles. The van der Waals surface area contributed by atoms with E-state index in [-0.39, 0.29) is 5.75 Å². The fraction of sp³-hybridized carbons (Fsp3) is 0.300. The van der Waals surface area contributed by atoms with Crippen LogP contribution in [-0.2, 0) is 7.05 Å². The normalized spacial score (nSPS) is 13.4. The van der Waals surface area contributed by atoms with Gasteiger partial charge in [0.05, 0.1) is 5.52 Å². The Balaban J connectivity index is 2.79. The summed E-state index contributed by atoms with van der Waals surface area (Å²) in [7, 11) is 1.76. The number of rotatable bonds is 1. The van der Waals surface area contributed by atoms with Crippen LogP contribution in [-0.4, -0.2) is 14.9 Å². The molecule has 0 bridgehead atoms. The SMILES string of the molecule is CC(F)c1nn(C)c2ccc(O)cc12. The molecular weight excluding hydrogens is 183 g/mol. The Kier molecular flexibility index (Phi) is 1.91. The first-order chi connectivity index (χ1) is 6.59. The lowest BCUT2D eigenvalue weighted by Crippen LogP contribution is -1.92. The first kappa shape index (κ1) is 8.99. The molecule has 0 aliphatic rings. The van der Waals surface area contributed by atoms with Crippen LogP contribution in [0.1, 0.15) is 18.8 Å². The first-order valence-corrected chi connectivity index (χ1v) is 4.39. The van der Waals surface area contributed by atoms with Crippen LogP contribution in [0.15, 0.2) is 18.2 Å². The van der Waals surface area contributed by atoms with E-state index in [1.165, 1.54) is 13.0 Å². The van der Waals surface area contributed by atoms with Crippen molar-refractivity contribution in [1.29, 1.82) is 0 Å². The highest BCUT2D eigenvalue weighted by molar-refractivity contribution is 5.83. The average Bonchev–Trinajstić information content (AvgIpc) is 2.43. The summed E-state index contributed by atoms with van der Waals surface area (Å²) >= 11 is 0. The molecule has 2 aromatic rings. The van der Waals surface area contributed by atoms with Gasteiger partial charge >= 0.3 is 0 Å². The number of fused-ring (bicyclic) bond motifs is 1. The lowest BCUT2D eigenvalue weighted by atomic mass is 10.1. The van der Waals surface area contributed by atoms with Crippen molar-refractivity contribution in [3.8, 4) is 5.75 Å². The quantitative estimate of drug-likeness (QED) is 0.756. The fourth-order valence-corrected chi connectivity index (χ4v) is 1.57. The minimum atomic E-state index is -1.12. The van der Waals surface area contributed by atoms with Crippen molar-refractivity contribution < 1.29 is 9.50 Å². The molecule has 0 aliphatic carbocycles. The van der Waals surface area contributed by atoms with E-state index in [2.05, 4.69) is 5.10 Å². The summed E-state index contributed by atoms with van der Waals surface area (Å²) in [5.41, 5.74) is 1.20. The minimum Gasteiger partial charge on any atom is -0.508 e. The van der Waals surface area contributed by atoms with E-state index in [1.807, 2.05) is 0 Å². The second kappa shape index (κ2) is 2.97. The predicted octanol–water partition coefficient (Wildman–Crippen LogP) is 2.31. The van der Waals surface area contributed by atoms with Crippen molar-refractivity contribution in [2.75, 3.05) is 0 Å². The molecule has 1 unspecified atom stereocenters. The van der Waals surface area contributed by atoms with Crippen LogP contribution in [0.25, 0.3) is 10.9 Å². The summed E-state index contributed by atoms with van der Waals surface area (Å²) in [6.07, 6.45) is -1.12. The fourth-order valence-electron chi connectivity index (χ4n) is 1.57. The topological polar surface area (TPSA) is 38.0 Å². The van der Waals surface area contributed by atoms with Gasteiger partial charge in [0.15, 0.2) is 0 Å². The Morgan fingerprint density at radius 1 is 1.50 bits per heavy atom. The van der Waals surface area contributed by atoms with E-state index >= 15 is 0 Å². The largest absolute Gasteiger partial charge is 0.508 e. The van der Waals surface area contributed by atoms with E-state index in [9.17, 15) is 9.50 Å². The summed E-state index contributed by atoms with van der Waals surface area (Å²) in [6.45, 7) is 1.44. The van der Waals surface area contributed by atoms with Crippen molar-refractivity contribution in [3.63, 3.8) is 0 Å². The zero-order chi connectivity index (χ0) is 10.3. The number of aromatic hydroxyl groups is 1. The maximum absolute atomic E-state index is 13.2. The first-order valence-electron chi connectivity index (χ1n) is 4.39. The van der Waals surface area contributed by atoms with E-state index in [4.69, 9.17) is 0 Å². The molecular formula is C10H11FN2O. The van der Waals surface area contributed by atoms with Crippen molar-refractivity contribution in [2.24, 2.45) is 7.05 Å². The summed E-state index contributed by atoms with van der Waals surface area (Å²) in [5.74, 6) is 0.132. The number of aromatic nitrogens is 2. The van der Waals surface area contributed by atoms with Gasteiger partial charge < -0.3 is 5.11 Å². The average molecular weight is 194 g/mol. The van der Waals surface area contributed by atoms with Crippen LogP contribution in [0.5, 0.6) is 5.75 Å². The lowest BCUT2D eigenvalue weighted by Gasteiger charge is -1.97. The third-order valence-electron chi connectivity index (χ3n) is 2.24. The van der Waals surface area contributed by atoms with Crippen LogP contribution in [0.2, 0.25) is 0 Å². The smallest absolute Gasteiger partial charge is 0.142 e. The molecule has 3 nitrogen and oxygen atoms in total. The van der Waals surface area contributed by atoms with Crippen LogP contribution in [0, 0.1) is 0 Å². The molecule has 4 heteroatoms. The second-order valence-electron chi connectivity index (χ2n) is 3.33.